The lowest BCUT2D eigenvalue weighted by molar-refractivity contribution is -0.140. The van der Waals surface area contributed by atoms with Crippen LogP contribution in [0.3, 0.4) is 0 Å². The van der Waals surface area contributed by atoms with Gasteiger partial charge in [0.1, 0.15) is 5.01 Å². The van der Waals surface area contributed by atoms with Gasteiger partial charge < -0.3 is 11.1 Å². The second kappa shape index (κ2) is 7.66. The molecule has 0 saturated heterocycles. The molecule has 0 fully saturated rings. The van der Waals surface area contributed by atoms with Gasteiger partial charge in [-0.1, -0.05) is 0 Å². The number of nitrogens with two attached hydrogens (primary N) is 1. The van der Waals surface area contributed by atoms with Crippen LogP contribution in [0.5, 0.6) is 0 Å². The highest BCUT2D eigenvalue weighted by molar-refractivity contribution is 7.09. The van der Waals surface area contributed by atoms with E-state index in [0.29, 0.717) is 6.42 Å². The number of amides is 1. The largest absolute Gasteiger partial charge is 0.434 e. The predicted octanol–water partition coefficient (Wildman–Crippen LogP) is 2.33. The molecular formula is C10H15ClF3N3OS. The lowest BCUT2D eigenvalue weighted by Gasteiger charge is -2.05. The van der Waals surface area contributed by atoms with E-state index in [2.05, 4.69) is 10.3 Å². The smallest absolute Gasteiger partial charge is 0.350 e. The minimum absolute atomic E-state index is 0. The molecule has 1 rings (SSSR count). The maximum Gasteiger partial charge on any atom is 0.434 e. The van der Waals surface area contributed by atoms with Crippen LogP contribution in [0.25, 0.3) is 0 Å². The Morgan fingerprint density at radius 2 is 2.21 bits per heavy atom. The lowest BCUT2D eigenvalue weighted by atomic mass is 10.2. The number of halogens is 4. The van der Waals surface area contributed by atoms with Crippen molar-refractivity contribution in [1.29, 1.82) is 0 Å². The molecule has 110 valence electrons. The number of aromatic nitrogens is 1. The summed E-state index contributed by atoms with van der Waals surface area (Å²) in [4.78, 5) is 14.7. The van der Waals surface area contributed by atoms with Gasteiger partial charge in [0.2, 0.25) is 5.91 Å². The number of nitrogens with one attached hydrogen (secondary N) is 1. The summed E-state index contributed by atoms with van der Waals surface area (Å²) in [6, 6.07) is -0.0764. The van der Waals surface area contributed by atoms with E-state index in [1.165, 1.54) is 0 Å². The van der Waals surface area contributed by atoms with Gasteiger partial charge in [-0.25, -0.2) is 4.98 Å². The third-order valence-corrected chi connectivity index (χ3v) is 2.95. The number of thiazole rings is 1. The minimum atomic E-state index is -4.44. The first-order valence-electron chi connectivity index (χ1n) is 5.33. The zero-order valence-corrected chi connectivity index (χ0v) is 11.8. The number of hydrogen-bond donors (Lipinski definition) is 2. The van der Waals surface area contributed by atoms with Crippen LogP contribution in [0.15, 0.2) is 5.38 Å². The summed E-state index contributed by atoms with van der Waals surface area (Å²) in [6.07, 6.45) is -3.64. The van der Waals surface area contributed by atoms with Gasteiger partial charge in [-0.3, -0.25) is 4.79 Å². The Kier molecular flexibility index (Phi) is 7.32. The third kappa shape index (κ3) is 6.74. The van der Waals surface area contributed by atoms with Crippen LogP contribution in [0.1, 0.15) is 30.5 Å². The van der Waals surface area contributed by atoms with Crippen molar-refractivity contribution in [2.24, 2.45) is 5.73 Å². The zero-order valence-electron chi connectivity index (χ0n) is 10.2. The number of alkyl halides is 3. The van der Waals surface area contributed by atoms with Crippen molar-refractivity contribution in [2.75, 3.05) is 0 Å². The summed E-state index contributed by atoms with van der Waals surface area (Å²) in [5.41, 5.74) is 4.56. The molecule has 1 atom stereocenters. The molecule has 9 heteroatoms. The highest BCUT2D eigenvalue weighted by atomic mass is 35.5. The fourth-order valence-electron chi connectivity index (χ4n) is 1.14. The van der Waals surface area contributed by atoms with Gasteiger partial charge in [0.05, 0.1) is 6.54 Å². The molecule has 0 aromatic carbocycles. The van der Waals surface area contributed by atoms with Crippen LogP contribution >= 0.6 is 23.7 Å². The highest BCUT2D eigenvalue weighted by Gasteiger charge is 2.33. The Bertz CT molecular complexity index is 409. The molecule has 0 spiro atoms. The molecule has 0 aliphatic rings. The molecule has 19 heavy (non-hydrogen) atoms. The minimum Gasteiger partial charge on any atom is -0.350 e. The molecule has 0 aliphatic heterocycles. The van der Waals surface area contributed by atoms with Crippen molar-refractivity contribution in [3.05, 3.63) is 16.1 Å². The fourth-order valence-corrected chi connectivity index (χ4v) is 1.88. The Labute approximate surface area is 119 Å². The van der Waals surface area contributed by atoms with Gasteiger partial charge >= 0.3 is 6.18 Å². The molecule has 1 heterocycles. The quantitative estimate of drug-likeness (QED) is 0.876. The van der Waals surface area contributed by atoms with Crippen LogP contribution in [0.2, 0.25) is 0 Å². The van der Waals surface area contributed by atoms with Crippen molar-refractivity contribution in [3.8, 4) is 0 Å². The molecule has 1 unspecified atom stereocenters. The van der Waals surface area contributed by atoms with Crippen LogP contribution in [0.4, 0.5) is 13.2 Å². The van der Waals surface area contributed by atoms with E-state index in [1.54, 1.807) is 6.92 Å². The Hall–Kier alpha value is -0.860. The summed E-state index contributed by atoms with van der Waals surface area (Å²) in [7, 11) is 0. The number of carbonyl (C=O) groups excluding carboxylic acids is 1. The molecule has 1 aromatic heterocycles. The molecule has 0 bridgehead atoms. The Morgan fingerprint density at radius 1 is 1.58 bits per heavy atom. The Balaban J connectivity index is 0.00000324. The molecular weight excluding hydrogens is 303 g/mol. The van der Waals surface area contributed by atoms with Gasteiger partial charge in [-0.05, 0) is 13.3 Å². The molecule has 4 nitrogen and oxygen atoms in total. The first-order chi connectivity index (χ1) is 8.29. The summed E-state index contributed by atoms with van der Waals surface area (Å²) in [5.74, 6) is -0.240. The van der Waals surface area contributed by atoms with E-state index in [1.807, 2.05) is 0 Å². The van der Waals surface area contributed by atoms with E-state index >= 15 is 0 Å². The van der Waals surface area contributed by atoms with Crippen molar-refractivity contribution in [3.63, 3.8) is 0 Å². The Morgan fingerprint density at radius 3 is 2.68 bits per heavy atom. The lowest BCUT2D eigenvalue weighted by Crippen LogP contribution is -2.25. The summed E-state index contributed by atoms with van der Waals surface area (Å²) in [5, 5.41) is 3.67. The van der Waals surface area contributed by atoms with Gasteiger partial charge in [0, 0.05) is 17.8 Å². The van der Waals surface area contributed by atoms with Crippen molar-refractivity contribution in [2.45, 2.75) is 38.5 Å². The van der Waals surface area contributed by atoms with E-state index in [0.717, 1.165) is 16.7 Å². The van der Waals surface area contributed by atoms with Crippen molar-refractivity contribution >= 4 is 29.7 Å². The second-order valence-electron chi connectivity index (χ2n) is 3.92. The zero-order chi connectivity index (χ0) is 13.8. The summed E-state index contributed by atoms with van der Waals surface area (Å²) in [6.45, 7) is 1.79. The predicted molar refractivity (Wildman–Crippen MR) is 69.1 cm³/mol. The van der Waals surface area contributed by atoms with Gasteiger partial charge in [-0.15, -0.1) is 23.7 Å². The second-order valence-corrected chi connectivity index (χ2v) is 4.86. The average Bonchev–Trinajstić information content (AvgIpc) is 2.71. The number of hydrogen-bond acceptors (Lipinski definition) is 4. The first kappa shape index (κ1) is 18.1. The van der Waals surface area contributed by atoms with Crippen LogP contribution in [-0.4, -0.2) is 16.9 Å². The van der Waals surface area contributed by atoms with Crippen LogP contribution in [-0.2, 0) is 17.5 Å². The third-order valence-electron chi connectivity index (χ3n) is 2.11. The van der Waals surface area contributed by atoms with Gasteiger partial charge in [0.15, 0.2) is 5.69 Å². The van der Waals surface area contributed by atoms with Crippen LogP contribution < -0.4 is 11.1 Å². The SMILES string of the molecule is CC(N)CCC(=O)NCc1nc(C(F)(F)F)cs1.Cl. The topological polar surface area (TPSA) is 68.0 Å². The van der Waals surface area contributed by atoms with E-state index in [4.69, 9.17) is 5.73 Å². The van der Waals surface area contributed by atoms with E-state index < -0.39 is 11.9 Å². The molecule has 0 aliphatic carbocycles. The normalized spacial score (nSPS) is 12.7. The molecule has 1 amide bonds. The highest BCUT2D eigenvalue weighted by Crippen LogP contribution is 2.29. The number of carbonyl (C=O) groups is 1. The first-order valence-corrected chi connectivity index (χ1v) is 6.21. The average molecular weight is 318 g/mol. The molecule has 0 radical (unpaired) electrons. The standard InChI is InChI=1S/C10H14F3N3OS.ClH/c1-6(14)2-3-8(17)15-4-9-16-7(5-18-9)10(11,12)13;/h5-6H,2-4,14H2,1H3,(H,15,17);1H. The maximum absolute atomic E-state index is 12.3. The number of rotatable bonds is 5. The number of nitrogens with zero attached hydrogens (tertiary/aromatic N) is 1. The summed E-state index contributed by atoms with van der Waals surface area (Å²) >= 11 is 0.872. The van der Waals surface area contributed by atoms with Crippen molar-refractivity contribution in [1.82, 2.24) is 10.3 Å². The molecule has 0 saturated carbocycles. The van der Waals surface area contributed by atoms with Gasteiger partial charge in [-0.2, -0.15) is 13.2 Å². The van der Waals surface area contributed by atoms with Gasteiger partial charge in [0.25, 0.3) is 0 Å². The van der Waals surface area contributed by atoms with E-state index in [-0.39, 0.29) is 42.3 Å². The van der Waals surface area contributed by atoms with E-state index in [9.17, 15) is 18.0 Å². The van der Waals surface area contributed by atoms with Crippen LogP contribution in [0, 0.1) is 0 Å². The van der Waals surface area contributed by atoms with Crippen molar-refractivity contribution < 1.29 is 18.0 Å². The monoisotopic (exact) mass is 317 g/mol. The molecule has 3 N–H and O–H groups in total. The fraction of sp³-hybridized carbons (Fsp3) is 0.600. The molecule has 1 aromatic rings. The maximum atomic E-state index is 12.3. The summed E-state index contributed by atoms with van der Waals surface area (Å²) < 4.78 is 36.8.